The minimum Gasteiger partial charge on any atom is -0.484 e. The number of hydrogen-bond donors (Lipinski definition) is 2. The summed E-state index contributed by atoms with van der Waals surface area (Å²) < 4.78 is 36.7. The van der Waals surface area contributed by atoms with Crippen molar-refractivity contribution in [3.8, 4) is 5.75 Å². The quantitative estimate of drug-likeness (QED) is 0.338. The fourth-order valence-corrected chi connectivity index (χ4v) is 3.38. The summed E-state index contributed by atoms with van der Waals surface area (Å²) in [6, 6.07) is 9.94. The lowest BCUT2D eigenvalue weighted by Crippen LogP contribution is -2.27. The molecular weight excluding hydrogens is 402 g/mol. The molecule has 29 heavy (non-hydrogen) atoms. The van der Waals surface area contributed by atoms with Crippen LogP contribution in [0.15, 0.2) is 47.4 Å². The van der Waals surface area contributed by atoms with E-state index in [1.54, 1.807) is 6.07 Å². The molecular formula is C18H21N3O7S. The molecule has 2 N–H and O–H groups in total. The van der Waals surface area contributed by atoms with E-state index < -0.39 is 20.9 Å². The van der Waals surface area contributed by atoms with Gasteiger partial charge in [-0.05, 0) is 37.3 Å². The standard InChI is InChI=1S/C18H21N3O7S/c1-13-16(4-3-5-17(13)21(23)24)20-18(22)12-28-14-6-8-15(9-7-14)29(25,26)19-10-11-27-2/h3-9,19H,10-12H2,1-2H3,(H,20,22). The number of carbonyl (C=O) groups is 1. The summed E-state index contributed by atoms with van der Waals surface area (Å²) in [7, 11) is -2.19. The van der Waals surface area contributed by atoms with Crippen LogP contribution >= 0.6 is 0 Å². The van der Waals surface area contributed by atoms with E-state index >= 15 is 0 Å². The second kappa shape index (κ2) is 9.96. The van der Waals surface area contributed by atoms with Crippen LogP contribution in [-0.2, 0) is 19.6 Å². The van der Waals surface area contributed by atoms with Crippen LogP contribution in [0.5, 0.6) is 5.75 Å². The summed E-state index contributed by atoms with van der Waals surface area (Å²) in [5, 5.41) is 13.5. The summed E-state index contributed by atoms with van der Waals surface area (Å²) >= 11 is 0. The Hall–Kier alpha value is -3.02. The van der Waals surface area contributed by atoms with Gasteiger partial charge in [-0.15, -0.1) is 0 Å². The molecule has 156 valence electrons. The number of nitrogens with one attached hydrogen (secondary N) is 2. The van der Waals surface area contributed by atoms with Crippen molar-refractivity contribution in [3.63, 3.8) is 0 Å². The van der Waals surface area contributed by atoms with Crippen LogP contribution in [0, 0.1) is 17.0 Å². The van der Waals surface area contributed by atoms with Gasteiger partial charge in [-0.1, -0.05) is 6.07 Å². The van der Waals surface area contributed by atoms with Crippen molar-refractivity contribution in [1.82, 2.24) is 4.72 Å². The second-order valence-electron chi connectivity index (χ2n) is 5.91. The molecule has 0 atom stereocenters. The van der Waals surface area contributed by atoms with Crippen LogP contribution in [0.3, 0.4) is 0 Å². The molecule has 0 saturated heterocycles. The molecule has 2 rings (SSSR count). The lowest BCUT2D eigenvalue weighted by atomic mass is 10.1. The summed E-state index contributed by atoms with van der Waals surface area (Å²) in [5.74, 6) is -0.210. The van der Waals surface area contributed by atoms with Gasteiger partial charge in [-0.3, -0.25) is 14.9 Å². The molecule has 0 aromatic heterocycles. The van der Waals surface area contributed by atoms with E-state index in [1.165, 1.54) is 50.4 Å². The van der Waals surface area contributed by atoms with E-state index in [0.717, 1.165) is 0 Å². The lowest BCUT2D eigenvalue weighted by Gasteiger charge is -2.10. The first-order chi connectivity index (χ1) is 13.7. The summed E-state index contributed by atoms with van der Waals surface area (Å²) in [5.41, 5.74) is 0.553. The smallest absolute Gasteiger partial charge is 0.274 e. The third kappa shape index (κ3) is 6.24. The minimum atomic E-state index is -3.66. The monoisotopic (exact) mass is 423 g/mol. The highest BCUT2D eigenvalue weighted by Gasteiger charge is 2.16. The Morgan fingerprint density at radius 3 is 2.48 bits per heavy atom. The zero-order valence-corrected chi connectivity index (χ0v) is 16.7. The Bertz CT molecular complexity index is 975. The van der Waals surface area contributed by atoms with Crippen LogP contribution < -0.4 is 14.8 Å². The van der Waals surface area contributed by atoms with Gasteiger partial charge in [0, 0.05) is 19.7 Å². The van der Waals surface area contributed by atoms with E-state index in [9.17, 15) is 23.3 Å². The number of sulfonamides is 1. The normalized spacial score (nSPS) is 11.1. The third-order valence-electron chi connectivity index (χ3n) is 3.88. The Kier molecular flexibility index (Phi) is 7.65. The van der Waals surface area contributed by atoms with Gasteiger partial charge in [0.2, 0.25) is 10.0 Å². The van der Waals surface area contributed by atoms with Crippen molar-refractivity contribution in [2.45, 2.75) is 11.8 Å². The van der Waals surface area contributed by atoms with Crippen molar-refractivity contribution in [2.24, 2.45) is 0 Å². The molecule has 0 heterocycles. The maximum absolute atomic E-state index is 12.1. The van der Waals surface area contributed by atoms with E-state index in [1.807, 2.05) is 0 Å². The minimum absolute atomic E-state index is 0.0534. The zero-order chi connectivity index (χ0) is 21.4. The molecule has 0 bridgehead atoms. The molecule has 10 nitrogen and oxygen atoms in total. The fraction of sp³-hybridized carbons (Fsp3) is 0.278. The van der Waals surface area contributed by atoms with Gasteiger partial charge < -0.3 is 14.8 Å². The summed E-state index contributed by atoms with van der Waals surface area (Å²) in [6.07, 6.45) is 0. The molecule has 0 spiro atoms. The highest BCUT2D eigenvalue weighted by Crippen LogP contribution is 2.25. The predicted octanol–water partition coefficient (Wildman–Crippen LogP) is 1.85. The number of benzene rings is 2. The Morgan fingerprint density at radius 1 is 1.17 bits per heavy atom. The molecule has 0 saturated carbocycles. The van der Waals surface area contributed by atoms with Crippen molar-refractivity contribution in [3.05, 3.63) is 58.1 Å². The number of nitrogens with zero attached hydrogens (tertiary/aromatic N) is 1. The number of nitro benzene ring substituents is 1. The van der Waals surface area contributed by atoms with E-state index in [2.05, 4.69) is 10.0 Å². The van der Waals surface area contributed by atoms with Gasteiger partial charge in [0.05, 0.1) is 27.7 Å². The first kappa shape index (κ1) is 22.3. The Balaban J connectivity index is 1.94. The molecule has 11 heteroatoms. The average molecular weight is 423 g/mol. The molecule has 0 radical (unpaired) electrons. The van der Waals surface area contributed by atoms with Gasteiger partial charge in [0.25, 0.3) is 11.6 Å². The first-order valence-corrected chi connectivity index (χ1v) is 9.98. The number of hydrogen-bond acceptors (Lipinski definition) is 7. The fourth-order valence-electron chi connectivity index (χ4n) is 2.37. The number of anilines is 1. The number of nitro groups is 1. The van der Waals surface area contributed by atoms with E-state index in [-0.39, 0.29) is 30.3 Å². The van der Waals surface area contributed by atoms with Crippen LogP contribution in [-0.4, -0.2) is 46.1 Å². The van der Waals surface area contributed by atoms with E-state index in [4.69, 9.17) is 9.47 Å². The molecule has 0 aliphatic carbocycles. The maximum atomic E-state index is 12.1. The lowest BCUT2D eigenvalue weighted by molar-refractivity contribution is -0.385. The van der Waals surface area contributed by atoms with Crippen molar-refractivity contribution in [1.29, 1.82) is 0 Å². The first-order valence-electron chi connectivity index (χ1n) is 8.50. The van der Waals surface area contributed by atoms with Gasteiger partial charge >= 0.3 is 0 Å². The molecule has 2 aromatic rings. The van der Waals surface area contributed by atoms with Crippen molar-refractivity contribution >= 4 is 27.3 Å². The molecule has 0 aliphatic rings. The highest BCUT2D eigenvalue weighted by molar-refractivity contribution is 7.89. The van der Waals surface area contributed by atoms with Crippen molar-refractivity contribution < 1.29 is 27.6 Å². The van der Waals surface area contributed by atoms with Gasteiger partial charge in [0.1, 0.15) is 5.75 Å². The van der Waals surface area contributed by atoms with Gasteiger partial charge in [0.15, 0.2) is 6.61 Å². The summed E-state index contributed by atoms with van der Waals surface area (Å²) in [6.45, 7) is 1.59. The van der Waals surface area contributed by atoms with Crippen LogP contribution in [0.25, 0.3) is 0 Å². The van der Waals surface area contributed by atoms with Crippen molar-refractivity contribution in [2.75, 3.05) is 32.2 Å². The third-order valence-corrected chi connectivity index (χ3v) is 5.36. The van der Waals surface area contributed by atoms with Gasteiger partial charge in [-0.2, -0.15) is 0 Å². The largest absolute Gasteiger partial charge is 0.484 e. The van der Waals surface area contributed by atoms with Crippen LogP contribution in [0.2, 0.25) is 0 Å². The predicted molar refractivity (Wildman–Crippen MR) is 105 cm³/mol. The number of ether oxygens (including phenoxy) is 2. The topological polar surface area (TPSA) is 137 Å². The highest BCUT2D eigenvalue weighted by atomic mass is 32.2. The molecule has 0 fully saturated rings. The van der Waals surface area contributed by atoms with Crippen LogP contribution in [0.1, 0.15) is 5.56 Å². The molecule has 1 amide bonds. The second-order valence-corrected chi connectivity index (χ2v) is 7.67. The zero-order valence-electron chi connectivity index (χ0n) is 15.9. The van der Waals surface area contributed by atoms with Crippen LogP contribution in [0.4, 0.5) is 11.4 Å². The number of methoxy groups -OCH3 is 1. The Morgan fingerprint density at radius 2 is 1.86 bits per heavy atom. The molecule has 0 aliphatic heterocycles. The molecule has 0 unspecified atom stereocenters. The maximum Gasteiger partial charge on any atom is 0.274 e. The van der Waals surface area contributed by atoms with E-state index in [0.29, 0.717) is 17.0 Å². The average Bonchev–Trinajstić information content (AvgIpc) is 2.68. The number of rotatable bonds is 10. The SMILES string of the molecule is COCCNS(=O)(=O)c1ccc(OCC(=O)Nc2cccc([N+](=O)[O-])c2C)cc1. The Labute approximate surface area is 168 Å². The number of amides is 1. The summed E-state index contributed by atoms with van der Waals surface area (Å²) in [4.78, 5) is 22.6. The molecule has 2 aromatic carbocycles. The number of carbonyl (C=O) groups excluding carboxylic acids is 1. The van der Waals surface area contributed by atoms with Gasteiger partial charge in [-0.25, -0.2) is 13.1 Å².